The van der Waals surface area contributed by atoms with Gasteiger partial charge in [0.2, 0.25) is 0 Å². The second-order valence-corrected chi connectivity index (χ2v) is 6.77. The number of aliphatic hydroxyl groups is 1. The average Bonchev–Trinajstić information content (AvgIpc) is 2.85. The van der Waals surface area contributed by atoms with Crippen molar-refractivity contribution in [2.75, 3.05) is 0 Å². The van der Waals surface area contributed by atoms with E-state index in [1.54, 1.807) is 33.8 Å². The van der Waals surface area contributed by atoms with Gasteiger partial charge in [-0.2, -0.15) is 0 Å². The van der Waals surface area contributed by atoms with Crippen molar-refractivity contribution in [2.45, 2.75) is 52.4 Å². The summed E-state index contributed by atoms with van der Waals surface area (Å²) in [5, 5.41) is 10.6. The number of ether oxygens (including phenoxy) is 2. The van der Waals surface area contributed by atoms with Crippen LogP contribution in [0.15, 0.2) is 47.1 Å². The summed E-state index contributed by atoms with van der Waals surface area (Å²) < 4.78 is 10.9. The molecule has 1 fully saturated rings. The zero-order valence-corrected chi connectivity index (χ0v) is 15.4. The first-order valence-corrected chi connectivity index (χ1v) is 8.46. The van der Waals surface area contributed by atoms with Gasteiger partial charge in [-0.05, 0) is 51.8 Å². The number of allylic oxidation sites excluding steroid dienone is 3. The number of carbonyl (C=O) groups is 3. The zero-order chi connectivity index (χ0) is 19.6. The molecule has 1 N–H and O–H groups in total. The van der Waals surface area contributed by atoms with E-state index in [2.05, 4.69) is 6.58 Å². The first-order valence-electron chi connectivity index (χ1n) is 8.46. The molecule has 0 aromatic rings. The van der Waals surface area contributed by atoms with Gasteiger partial charge in [0.1, 0.15) is 0 Å². The molecule has 1 saturated heterocycles. The van der Waals surface area contributed by atoms with E-state index in [0.29, 0.717) is 16.7 Å². The van der Waals surface area contributed by atoms with Crippen molar-refractivity contribution in [1.29, 1.82) is 0 Å². The number of fused-ring (bicyclic) bond motifs is 1. The summed E-state index contributed by atoms with van der Waals surface area (Å²) >= 11 is 0. The predicted octanol–water partition coefficient (Wildman–Crippen LogP) is 2.19. The maximum atomic E-state index is 12.3. The van der Waals surface area contributed by atoms with Gasteiger partial charge in [-0.15, -0.1) is 0 Å². The summed E-state index contributed by atoms with van der Waals surface area (Å²) in [6, 6.07) is 0. The van der Waals surface area contributed by atoms with E-state index < -0.39 is 36.2 Å². The summed E-state index contributed by atoms with van der Waals surface area (Å²) in [4.78, 5) is 36.5. The molecule has 1 aliphatic heterocycles. The van der Waals surface area contributed by atoms with Gasteiger partial charge in [0.25, 0.3) is 0 Å². The van der Waals surface area contributed by atoms with Gasteiger partial charge in [0.15, 0.2) is 18.0 Å². The molecule has 2 rings (SSSR count). The smallest absolute Gasteiger partial charge is 0.334 e. The first kappa shape index (κ1) is 19.8. The van der Waals surface area contributed by atoms with E-state index in [4.69, 9.17) is 9.47 Å². The second kappa shape index (κ2) is 7.83. The predicted molar refractivity (Wildman–Crippen MR) is 95.0 cm³/mol. The van der Waals surface area contributed by atoms with Gasteiger partial charge in [-0.3, -0.25) is 4.79 Å². The summed E-state index contributed by atoms with van der Waals surface area (Å²) in [6.45, 7) is 10.4. The highest BCUT2D eigenvalue weighted by Crippen LogP contribution is 2.37. The Kier molecular flexibility index (Phi) is 5.97. The van der Waals surface area contributed by atoms with Gasteiger partial charge in [-0.25, -0.2) is 9.59 Å². The van der Waals surface area contributed by atoms with E-state index in [1.165, 1.54) is 12.2 Å². The summed E-state index contributed by atoms with van der Waals surface area (Å²) in [5.74, 6) is -2.23. The van der Waals surface area contributed by atoms with Crippen LogP contribution in [0.25, 0.3) is 0 Å². The van der Waals surface area contributed by atoms with Crippen LogP contribution in [0.4, 0.5) is 0 Å². The molecule has 0 spiro atoms. The SMILES string of the molecule is C=C1C(=O)O[C@@H]2C(OC(=O)/C(C)=C\C)C(C)=CC(=O)C=C(C)C[C@H](O)[C@@H]12. The third kappa shape index (κ3) is 4.02. The quantitative estimate of drug-likeness (QED) is 0.600. The Morgan fingerprint density at radius 1 is 1.35 bits per heavy atom. The van der Waals surface area contributed by atoms with Crippen LogP contribution in [-0.2, 0) is 23.9 Å². The Hall–Kier alpha value is -2.47. The van der Waals surface area contributed by atoms with E-state index in [1.807, 2.05) is 0 Å². The zero-order valence-electron chi connectivity index (χ0n) is 15.4. The largest absolute Gasteiger partial charge is 0.454 e. The van der Waals surface area contributed by atoms with Crippen LogP contribution < -0.4 is 0 Å². The van der Waals surface area contributed by atoms with Gasteiger partial charge < -0.3 is 14.6 Å². The molecule has 0 aromatic carbocycles. The number of hydrogen-bond donors (Lipinski definition) is 1. The lowest BCUT2D eigenvalue weighted by Gasteiger charge is -2.30. The number of esters is 2. The van der Waals surface area contributed by atoms with Gasteiger partial charge in [0, 0.05) is 11.1 Å². The lowest BCUT2D eigenvalue weighted by Crippen LogP contribution is -2.41. The standard InChI is InChI=1S/C20H24O6/c1-6-11(3)19(23)25-17-12(4)9-14(21)7-10(2)8-15(22)16-13(5)20(24)26-18(16)17/h6-7,9,15-18,22H,5,8H2,1-4H3/b10-7?,11-6-,12-9?/t15-,16+,17?,18-/m0/s1. The van der Waals surface area contributed by atoms with Gasteiger partial charge >= 0.3 is 11.9 Å². The molecule has 4 atom stereocenters. The van der Waals surface area contributed by atoms with Gasteiger partial charge in [0.05, 0.1) is 12.0 Å². The summed E-state index contributed by atoms with van der Waals surface area (Å²) in [5.41, 5.74) is 1.64. The lowest BCUT2D eigenvalue weighted by atomic mass is 9.83. The summed E-state index contributed by atoms with van der Waals surface area (Å²) in [6.07, 6.45) is 1.65. The van der Waals surface area contributed by atoms with E-state index in [-0.39, 0.29) is 17.8 Å². The second-order valence-electron chi connectivity index (χ2n) is 6.77. The molecule has 6 nitrogen and oxygen atoms in total. The lowest BCUT2D eigenvalue weighted by molar-refractivity contribution is -0.157. The minimum atomic E-state index is -0.990. The van der Waals surface area contributed by atoms with E-state index >= 15 is 0 Å². The van der Waals surface area contributed by atoms with Crippen molar-refractivity contribution in [2.24, 2.45) is 5.92 Å². The minimum Gasteiger partial charge on any atom is -0.454 e. The molecule has 1 unspecified atom stereocenters. The Bertz CT molecular complexity index is 739. The van der Waals surface area contributed by atoms with Crippen molar-refractivity contribution in [3.05, 3.63) is 47.1 Å². The number of ketones is 1. The van der Waals surface area contributed by atoms with Crippen molar-refractivity contribution >= 4 is 17.7 Å². The topological polar surface area (TPSA) is 89.9 Å². The monoisotopic (exact) mass is 360 g/mol. The van der Waals surface area contributed by atoms with Crippen LogP contribution in [0.3, 0.4) is 0 Å². The number of rotatable bonds is 2. The third-order valence-electron chi connectivity index (χ3n) is 4.70. The Morgan fingerprint density at radius 2 is 2.00 bits per heavy atom. The molecule has 2 aliphatic rings. The van der Waals surface area contributed by atoms with Crippen molar-refractivity contribution < 1.29 is 29.0 Å². The highest BCUT2D eigenvalue weighted by atomic mass is 16.6. The third-order valence-corrected chi connectivity index (χ3v) is 4.70. The summed E-state index contributed by atoms with van der Waals surface area (Å²) in [7, 11) is 0. The Labute approximate surface area is 152 Å². The van der Waals surface area contributed by atoms with Crippen LogP contribution >= 0.6 is 0 Å². The first-order chi connectivity index (χ1) is 12.1. The fourth-order valence-corrected chi connectivity index (χ4v) is 3.16. The average molecular weight is 360 g/mol. The highest BCUT2D eigenvalue weighted by molar-refractivity contribution is 6.00. The van der Waals surface area contributed by atoms with Crippen LogP contribution in [0.2, 0.25) is 0 Å². The fourth-order valence-electron chi connectivity index (χ4n) is 3.16. The maximum absolute atomic E-state index is 12.3. The molecule has 140 valence electrons. The molecule has 1 heterocycles. The van der Waals surface area contributed by atoms with Crippen LogP contribution in [0.1, 0.15) is 34.1 Å². The molecule has 6 heteroatoms. The minimum absolute atomic E-state index is 0.138. The molecule has 26 heavy (non-hydrogen) atoms. The van der Waals surface area contributed by atoms with Crippen molar-refractivity contribution in [3.8, 4) is 0 Å². The fraction of sp³-hybridized carbons (Fsp3) is 0.450. The molecule has 0 amide bonds. The van der Waals surface area contributed by atoms with E-state index in [0.717, 1.165) is 0 Å². The Balaban J connectivity index is 2.52. The molecule has 0 saturated carbocycles. The highest BCUT2D eigenvalue weighted by Gasteiger charge is 2.48. The molecular formula is C20H24O6. The van der Waals surface area contributed by atoms with E-state index in [9.17, 15) is 19.5 Å². The molecule has 1 aliphatic carbocycles. The number of aliphatic hydroxyl groups excluding tert-OH is 1. The molecule has 0 aromatic heterocycles. The van der Waals surface area contributed by atoms with Gasteiger partial charge in [-0.1, -0.05) is 18.2 Å². The van der Waals surface area contributed by atoms with Crippen LogP contribution in [0.5, 0.6) is 0 Å². The maximum Gasteiger partial charge on any atom is 0.334 e. The van der Waals surface area contributed by atoms with Crippen LogP contribution in [-0.4, -0.2) is 41.1 Å². The Morgan fingerprint density at radius 3 is 2.62 bits per heavy atom. The number of carbonyl (C=O) groups excluding carboxylic acids is 3. The molecular weight excluding hydrogens is 336 g/mol. The molecule has 0 bridgehead atoms. The van der Waals surface area contributed by atoms with Crippen LogP contribution in [0, 0.1) is 5.92 Å². The number of hydrogen-bond acceptors (Lipinski definition) is 6. The molecule has 0 radical (unpaired) electrons. The van der Waals surface area contributed by atoms with Crippen molar-refractivity contribution in [1.82, 2.24) is 0 Å². The van der Waals surface area contributed by atoms with Crippen molar-refractivity contribution in [3.63, 3.8) is 0 Å². The normalized spacial score (nSPS) is 30.2.